The summed E-state index contributed by atoms with van der Waals surface area (Å²) in [5, 5.41) is 1.44. The number of nitrogens with zero attached hydrogens (tertiary/aromatic N) is 2. The van der Waals surface area contributed by atoms with Gasteiger partial charge in [-0.05, 0) is 26.8 Å². The summed E-state index contributed by atoms with van der Waals surface area (Å²) in [6.07, 6.45) is -0.333. The van der Waals surface area contributed by atoms with Crippen LogP contribution >= 0.6 is 11.3 Å². The number of fused-ring (bicyclic) bond motifs is 1. The molecule has 0 radical (unpaired) electrons. The summed E-state index contributed by atoms with van der Waals surface area (Å²) < 4.78 is 6.40. The van der Waals surface area contributed by atoms with E-state index in [0.29, 0.717) is 36.7 Å². The van der Waals surface area contributed by atoms with Crippen LogP contribution in [0.4, 0.5) is 9.80 Å². The lowest BCUT2D eigenvalue weighted by atomic mass is 10.1. The number of rotatable bonds is 1. The van der Waals surface area contributed by atoms with Crippen molar-refractivity contribution < 1.29 is 14.3 Å². The van der Waals surface area contributed by atoms with Crippen molar-refractivity contribution >= 4 is 38.4 Å². The Hall–Kier alpha value is -2.28. The largest absolute Gasteiger partial charge is 0.444 e. The fourth-order valence-electron chi connectivity index (χ4n) is 2.86. The van der Waals surface area contributed by atoms with Crippen molar-refractivity contribution in [2.75, 3.05) is 31.9 Å². The Morgan fingerprint density at radius 1 is 1.04 bits per heavy atom. The SMILES string of the molecule is CC.CC(C)(C)OC(=O)N1CCN(C(=O)c2c(N)sc3ccccc23)CC1. The van der Waals surface area contributed by atoms with Crippen LogP contribution in [0.3, 0.4) is 0 Å². The molecule has 6 nitrogen and oxygen atoms in total. The minimum atomic E-state index is -0.520. The maximum Gasteiger partial charge on any atom is 0.410 e. The minimum Gasteiger partial charge on any atom is -0.444 e. The van der Waals surface area contributed by atoms with Gasteiger partial charge in [0.05, 0.1) is 10.6 Å². The highest BCUT2D eigenvalue weighted by Crippen LogP contribution is 2.34. The number of hydrogen-bond acceptors (Lipinski definition) is 5. The Morgan fingerprint density at radius 3 is 2.19 bits per heavy atom. The van der Waals surface area contributed by atoms with Crippen molar-refractivity contribution in [2.24, 2.45) is 0 Å². The fraction of sp³-hybridized carbons (Fsp3) is 0.500. The first-order chi connectivity index (χ1) is 12.8. The Kier molecular flexibility index (Phi) is 6.70. The molecule has 2 aromatic rings. The van der Waals surface area contributed by atoms with Crippen LogP contribution in [0.5, 0.6) is 0 Å². The molecule has 3 rings (SSSR count). The van der Waals surface area contributed by atoms with Gasteiger partial charge in [-0.15, -0.1) is 11.3 Å². The van der Waals surface area contributed by atoms with Crippen LogP contribution in [-0.2, 0) is 4.74 Å². The molecule has 1 aliphatic heterocycles. The molecule has 148 valence electrons. The van der Waals surface area contributed by atoms with Crippen molar-refractivity contribution in [1.82, 2.24) is 9.80 Å². The summed E-state index contributed by atoms with van der Waals surface area (Å²) in [7, 11) is 0. The standard InChI is InChI=1S/C18H23N3O3S.C2H6/c1-18(2,3)24-17(23)21-10-8-20(9-11-21)16(22)14-12-6-4-5-7-13(12)25-15(14)19;1-2/h4-7H,8-11,19H2,1-3H3;1-2H3. The molecular weight excluding hydrogens is 362 g/mol. The number of nitrogens with two attached hydrogens (primary N) is 1. The number of anilines is 1. The van der Waals surface area contributed by atoms with E-state index in [-0.39, 0.29) is 12.0 Å². The average Bonchev–Trinajstić information content (AvgIpc) is 2.97. The van der Waals surface area contributed by atoms with Crippen molar-refractivity contribution in [3.63, 3.8) is 0 Å². The Labute approximate surface area is 164 Å². The van der Waals surface area contributed by atoms with Crippen LogP contribution in [0.1, 0.15) is 45.0 Å². The molecule has 0 spiro atoms. The summed E-state index contributed by atoms with van der Waals surface area (Å²) in [5.74, 6) is -0.0706. The number of carbonyl (C=O) groups is 2. The molecule has 1 aliphatic rings. The van der Waals surface area contributed by atoms with Gasteiger partial charge in [-0.25, -0.2) is 4.79 Å². The first kappa shape index (κ1) is 21.0. The van der Waals surface area contributed by atoms with Gasteiger partial charge in [0.25, 0.3) is 5.91 Å². The summed E-state index contributed by atoms with van der Waals surface area (Å²) in [4.78, 5) is 28.4. The van der Waals surface area contributed by atoms with Gasteiger partial charge in [-0.3, -0.25) is 4.79 Å². The van der Waals surface area contributed by atoms with Gasteiger partial charge in [-0.1, -0.05) is 32.0 Å². The molecule has 1 aromatic heterocycles. The van der Waals surface area contributed by atoms with Crippen molar-refractivity contribution in [2.45, 2.75) is 40.2 Å². The predicted octanol–water partition coefficient (Wildman–Crippen LogP) is 4.20. The Balaban J connectivity index is 0.00000126. The zero-order chi connectivity index (χ0) is 20.2. The van der Waals surface area contributed by atoms with Crippen molar-refractivity contribution in [3.8, 4) is 0 Å². The number of hydrogen-bond donors (Lipinski definition) is 1. The third-order valence-electron chi connectivity index (χ3n) is 4.06. The number of nitrogen functional groups attached to an aromatic ring is 1. The number of ether oxygens (including phenoxy) is 1. The molecule has 2 amide bonds. The van der Waals surface area contributed by atoms with E-state index in [1.165, 1.54) is 11.3 Å². The molecule has 0 bridgehead atoms. The molecule has 1 fully saturated rings. The molecule has 0 aliphatic carbocycles. The van der Waals surface area contributed by atoms with E-state index in [1.54, 1.807) is 9.80 Å². The highest BCUT2D eigenvalue weighted by molar-refractivity contribution is 7.23. The molecule has 1 aromatic carbocycles. The molecular formula is C20H29N3O3S. The van der Waals surface area contributed by atoms with Crippen LogP contribution < -0.4 is 5.73 Å². The van der Waals surface area contributed by atoms with Crippen LogP contribution in [0.2, 0.25) is 0 Å². The first-order valence-corrected chi connectivity index (χ1v) is 10.1. The van der Waals surface area contributed by atoms with Gasteiger partial charge in [0.15, 0.2) is 0 Å². The van der Waals surface area contributed by atoms with Crippen molar-refractivity contribution in [1.29, 1.82) is 0 Å². The zero-order valence-corrected chi connectivity index (χ0v) is 17.6. The third kappa shape index (κ3) is 4.91. The lowest BCUT2D eigenvalue weighted by Gasteiger charge is -2.35. The minimum absolute atomic E-state index is 0.0706. The molecule has 2 heterocycles. The quantitative estimate of drug-likeness (QED) is 0.790. The predicted molar refractivity (Wildman–Crippen MR) is 111 cm³/mol. The highest BCUT2D eigenvalue weighted by atomic mass is 32.1. The molecule has 0 saturated carbocycles. The van der Waals surface area contributed by atoms with E-state index in [4.69, 9.17) is 10.5 Å². The third-order valence-corrected chi connectivity index (χ3v) is 5.06. The summed E-state index contributed by atoms with van der Waals surface area (Å²) >= 11 is 1.43. The molecule has 0 unspecified atom stereocenters. The number of thiophene rings is 1. The van der Waals surface area contributed by atoms with Crippen molar-refractivity contribution in [3.05, 3.63) is 29.8 Å². The molecule has 7 heteroatoms. The normalized spacial score (nSPS) is 14.6. The maximum atomic E-state index is 12.9. The first-order valence-electron chi connectivity index (χ1n) is 9.30. The maximum absolute atomic E-state index is 12.9. The second-order valence-electron chi connectivity index (χ2n) is 7.10. The zero-order valence-electron chi connectivity index (χ0n) is 16.7. The lowest BCUT2D eigenvalue weighted by Crippen LogP contribution is -2.51. The van der Waals surface area contributed by atoms with Gasteiger partial charge in [0, 0.05) is 36.3 Å². The van der Waals surface area contributed by atoms with Crippen LogP contribution in [0.25, 0.3) is 10.1 Å². The van der Waals surface area contributed by atoms with Crippen LogP contribution in [0, 0.1) is 0 Å². The van der Waals surface area contributed by atoms with Gasteiger partial charge in [-0.2, -0.15) is 0 Å². The van der Waals surface area contributed by atoms with Gasteiger partial charge in [0.2, 0.25) is 0 Å². The second-order valence-corrected chi connectivity index (χ2v) is 8.18. The molecule has 2 N–H and O–H groups in total. The number of carbonyl (C=O) groups excluding carboxylic acids is 2. The summed E-state index contributed by atoms with van der Waals surface area (Å²) in [6.45, 7) is 11.4. The number of benzene rings is 1. The topological polar surface area (TPSA) is 75.9 Å². The Morgan fingerprint density at radius 2 is 1.59 bits per heavy atom. The second kappa shape index (κ2) is 8.61. The highest BCUT2D eigenvalue weighted by Gasteiger charge is 2.29. The fourth-order valence-corrected chi connectivity index (χ4v) is 3.82. The van der Waals surface area contributed by atoms with Gasteiger partial charge in [0.1, 0.15) is 5.60 Å². The van der Waals surface area contributed by atoms with E-state index in [0.717, 1.165) is 10.1 Å². The monoisotopic (exact) mass is 391 g/mol. The van der Waals surface area contributed by atoms with Crippen LogP contribution in [0.15, 0.2) is 24.3 Å². The summed E-state index contributed by atoms with van der Waals surface area (Å²) in [5.41, 5.74) is 6.15. The smallest absolute Gasteiger partial charge is 0.410 e. The summed E-state index contributed by atoms with van der Waals surface area (Å²) in [6, 6.07) is 7.73. The molecule has 27 heavy (non-hydrogen) atoms. The van der Waals surface area contributed by atoms with E-state index < -0.39 is 5.60 Å². The Bertz CT molecular complexity index is 802. The van der Waals surface area contributed by atoms with E-state index in [2.05, 4.69) is 0 Å². The molecule has 1 saturated heterocycles. The van der Waals surface area contributed by atoms with Gasteiger partial charge < -0.3 is 20.3 Å². The lowest BCUT2D eigenvalue weighted by molar-refractivity contribution is 0.0141. The average molecular weight is 392 g/mol. The van der Waals surface area contributed by atoms with Gasteiger partial charge >= 0.3 is 6.09 Å². The molecule has 0 atom stereocenters. The number of piperazine rings is 1. The van der Waals surface area contributed by atoms with Crippen LogP contribution in [-0.4, -0.2) is 53.6 Å². The van der Waals surface area contributed by atoms with E-state index in [9.17, 15) is 9.59 Å². The van der Waals surface area contributed by atoms with E-state index in [1.807, 2.05) is 58.9 Å². The number of amides is 2. The van der Waals surface area contributed by atoms with E-state index >= 15 is 0 Å².